The molecule has 7 nitrogen and oxygen atoms in total. The van der Waals surface area contributed by atoms with Crippen LogP contribution < -0.4 is 16.2 Å². The Morgan fingerprint density at radius 2 is 1.69 bits per heavy atom. The molecule has 1 aromatic heterocycles. The first-order chi connectivity index (χ1) is 12.5. The van der Waals surface area contributed by atoms with E-state index in [9.17, 15) is 14.4 Å². The Morgan fingerprint density at radius 3 is 2.35 bits per heavy atom. The highest BCUT2D eigenvalue weighted by Gasteiger charge is 2.10. The topological polar surface area (TPSA) is 93.1 Å². The van der Waals surface area contributed by atoms with E-state index in [0.717, 1.165) is 12.8 Å². The quantitative estimate of drug-likeness (QED) is 0.688. The predicted molar refractivity (Wildman–Crippen MR) is 99.5 cm³/mol. The first-order valence-corrected chi connectivity index (χ1v) is 8.79. The number of aromatic nitrogens is 2. The van der Waals surface area contributed by atoms with Crippen molar-refractivity contribution < 1.29 is 9.59 Å². The first-order valence-electron chi connectivity index (χ1n) is 8.41. The normalized spacial score (nSPS) is 10.4. The Morgan fingerprint density at radius 1 is 1.04 bits per heavy atom. The van der Waals surface area contributed by atoms with Crippen LogP contribution in [0.3, 0.4) is 0 Å². The van der Waals surface area contributed by atoms with Gasteiger partial charge in [-0.15, -0.1) is 0 Å². The fourth-order valence-electron chi connectivity index (χ4n) is 2.18. The maximum atomic E-state index is 12.1. The van der Waals surface area contributed by atoms with Gasteiger partial charge < -0.3 is 10.6 Å². The maximum absolute atomic E-state index is 12.1. The lowest BCUT2D eigenvalue weighted by Crippen LogP contribution is -2.36. The van der Waals surface area contributed by atoms with E-state index in [2.05, 4.69) is 15.7 Å². The summed E-state index contributed by atoms with van der Waals surface area (Å²) in [4.78, 5) is 35.8. The SMILES string of the molecule is CCCCn1nc(C(=O)NCCNC(=O)c2ccc(Cl)cc2)ccc1=O. The molecule has 2 rings (SSSR count). The van der Waals surface area contributed by atoms with Crippen LogP contribution in [-0.2, 0) is 6.54 Å². The average Bonchev–Trinajstić information content (AvgIpc) is 2.64. The van der Waals surface area contributed by atoms with Crippen molar-refractivity contribution in [2.45, 2.75) is 26.3 Å². The Labute approximate surface area is 156 Å². The summed E-state index contributed by atoms with van der Waals surface area (Å²) >= 11 is 5.78. The molecule has 0 saturated carbocycles. The van der Waals surface area contributed by atoms with Gasteiger partial charge in [-0.1, -0.05) is 24.9 Å². The highest BCUT2D eigenvalue weighted by molar-refractivity contribution is 6.30. The van der Waals surface area contributed by atoms with Crippen molar-refractivity contribution in [3.05, 3.63) is 63.0 Å². The van der Waals surface area contributed by atoms with Crippen LogP contribution in [0.15, 0.2) is 41.2 Å². The van der Waals surface area contributed by atoms with Crippen LogP contribution in [0, 0.1) is 0 Å². The van der Waals surface area contributed by atoms with Gasteiger partial charge >= 0.3 is 0 Å². The van der Waals surface area contributed by atoms with Crippen molar-refractivity contribution in [1.29, 1.82) is 0 Å². The van der Waals surface area contributed by atoms with E-state index < -0.39 is 5.91 Å². The molecular weight excluding hydrogens is 356 g/mol. The average molecular weight is 377 g/mol. The van der Waals surface area contributed by atoms with Crippen LogP contribution in [0.5, 0.6) is 0 Å². The van der Waals surface area contributed by atoms with E-state index in [-0.39, 0.29) is 30.2 Å². The molecular formula is C18H21ClN4O3. The van der Waals surface area contributed by atoms with E-state index in [0.29, 0.717) is 17.1 Å². The fraction of sp³-hybridized carbons (Fsp3) is 0.333. The van der Waals surface area contributed by atoms with Gasteiger partial charge in [-0.3, -0.25) is 14.4 Å². The number of hydrogen-bond donors (Lipinski definition) is 2. The number of nitrogens with zero attached hydrogens (tertiary/aromatic N) is 2. The molecule has 2 amide bonds. The van der Waals surface area contributed by atoms with E-state index in [1.807, 2.05) is 6.92 Å². The molecule has 0 unspecified atom stereocenters. The second-order valence-electron chi connectivity index (χ2n) is 5.65. The minimum atomic E-state index is -0.393. The summed E-state index contributed by atoms with van der Waals surface area (Å²) < 4.78 is 1.29. The molecule has 2 N–H and O–H groups in total. The van der Waals surface area contributed by atoms with Crippen LogP contribution in [0.1, 0.15) is 40.6 Å². The largest absolute Gasteiger partial charge is 0.350 e. The maximum Gasteiger partial charge on any atom is 0.271 e. The van der Waals surface area contributed by atoms with E-state index in [1.165, 1.54) is 16.8 Å². The predicted octanol–water partition coefficient (Wildman–Crippen LogP) is 1.86. The van der Waals surface area contributed by atoms with E-state index in [1.54, 1.807) is 24.3 Å². The van der Waals surface area contributed by atoms with Gasteiger partial charge in [0.25, 0.3) is 17.4 Å². The second kappa shape index (κ2) is 9.72. The summed E-state index contributed by atoms with van der Waals surface area (Å²) in [5.74, 6) is -0.641. The van der Waals surface area contributed by atoms with Crippen molar-refractivity contribution in [3.63, 3.8) is 0 Å². The Balaban J connectivity index is 1.82. The van der Waals surface area contributed by atoms with Gasteiger partial charge in [0.05, 0.1) is 0 Å². The van der Waals surface area contributed by atoms with Gasteiger partial charge in [-0.05, 0) is 36.8 Å². The van der Waals surface area contributed by atoms with Gasteiger partial charge in [0, 0.05) is 36.3 Å². The van der Waals surface area contributed by atoms with Crippen LogP contribution in [0.25, 0.3) is 0 Å². The zero-order valence-corrected chi connectivity index (χ0v) is 15.3. The molecule has 0 saturated heterocycles. The number of benzene rings is 1. The van der Waals surface area contributed by atoms with Crippen LogP contribution in [-0.4, -0.2) is 34.7 Å². The minimum Gasteiger partial charge on any atom is -0.350 e. The van der Waals surface area contributed by atoms with Gasteiger partial charge in [0.2, 0.25) is 0 Å². The lowest BCUT2D eigenvalue weighted by molar-refractivity contribution is 0.0923. The first kappa shape index (κ1) is 19.7. The molecule has 0 bridgehead atoms. The van der Waals surface area contributed by atoms with Crippen molar-refractivity contribution in [1.82, 2.24) is 20.4 Å². The summed E-state index contributed by atoms with van der Waals surface area (Å²) in [6.07, 6.45) is 1.74. The van der Waals surface area contributed by atoms with Crippen LogP contribution in [0.2, 0.25) is 5.02 Å². The number of rotatable bonds is 8. The van der Waals surface area contributed by atoms with Crippen molar-refractivity contribution >= 4 is 23.4 Å². The number of halogens is 1. The van der Waals surface area contributed by atoms with Crippen molar-refractivity contribution in [3.8, 4) is 0 Å². The number of carbonyl (C=O) groups is 2. The summed E-state index contributed by atoms with van der Waals surface area (Å²) in [5.41, 5.74) is 0.431. The molecule has 8 heteroatoms. The summed E-state index contributed by atoms with van der Waals surface area (Å²) in [6, 6.07) is 9.25. The fourth-order valence-corrected chi connectivity index (χ4v) is 2.31. The third-order valence-corrected chi connectivity index (χ3v) is 3.88. The monoisotopic (exact) mass is 376 g/mol. The molecule has 0 radical (unpaired) electrons. The zero-order chi connectivity index (χ0) is 18.9. The van der Waals surface area contributed by atoms with Gasteiger partial charge in [-0.25, -0.2) is 4.68 Å². The third kappa shape index (κ3) is 5.70. The van der Waals surface area contributed by atoms with Gasteiger partial charge in [0.1, 0.15) is 5.69 Å². The second-order valence-corrected chi connectivity index (χ2v) is 6.09. The summed E-state index contributed by atoms with van der Waals surface area (Å²) in [5, 5.41) is 10.00. The lowest BCUT2D eigenvalue weighted by Gasteiger charge is -2.08. The minimum absolute atomic E-state index is 0.171. The molecule has 0 spiro atoms. The highest BCUT2D eigenvalue weighted by Crippen LogP contribution is 2.09. The smallest absolute Gasteiger partial charge is 0.271 e. The molecule has 26 heavy (non-hydrogen) atoms. The van der Waals surface area contributed by atoms with Crippen molar-refractivity contribution in [2.75, 3.05) is 13.1 Å². The van der Waals surface area contributed by atoms with E-state index in [4.69, 9.17) is 11.6 Å². The van der Waals surface area contributed by atoms with Crippen LogP contribution >= 0.6 is 11.6 Å². The van der Waals surface area contributed by atoms with Gasteiger partial charge in [-0.2, -0.15) is 5.10 Å². The standard InChI is InChI=1S/C18H21ClN4O3/c1-2-3-12-23-16(24)9-8-15(22-23)18(26)21-11-10-20-17(25)13-4-6-14(19)7-5-13/h4-9H,2-3,10-12H2,1H3,(H,20,25)(H,21,26). The molecule has 0 aliphatic carbocycles. The Kier molecular flexibility index (Phi) is 7.35. The number of hydrogen-bond acceptors (Lipinski definition) is 4. The zero-order valence-electron chi connectivity index (χ0n) is 14.5. The third-order valence-electron chi connectivity index (χ3n) is 3.63. The molecule has 0 atom stereocenters. The molecule has 2 aromatic rings. The number of amides is 2. The molecule has 0 aliphatic rings. The molecule has 1 heterocycles. The molecule has 1 aromatic carbocycles. The summed E-state index contributed by atoms with van der Waals surface area (Å²) in [7, 11) is 0. The van der Waals surface area contributed by atoms with Crippen LogP contribution in [0.4, 0.5) is 0 Å². The highest BCUT2D eigenvalue weighted by atomic mass is 35.5. The van der Waals surface area contributed by atoms with Crippen molar-refractivity contribution in [2.24, 2.45) is 0 Å². The molecule has 0 aliphatic heterocycles. The number of carbonyl (C=O) groups excluding carboxylic acids is 2. The molecule has 0 fully saturated rings. The Hall–Kier alpha value is -2.67. The molecule has 138 valence electrons. The van der Waals surface area contributed by atoms with E-state index >= 15 is 0 Å². The number of aryl methyl sites for hydroxylation is 1. The Bertz CT molecular complexity index is 818. The number of nitrogens with one attached hydrogen (secondary N) is 2. The summed E-state index contributed by atoms with van der Waals surface area (Å²) in [6.45, 7) is 3.00. The number of unbranched alkanes of at least 4 members (excludes halogenated alkanes) is 1. The lowest BCUT2D eigenvalue weighted by atomic mass is 10.2. The van der Waals surface area contributed by atoms with Gasteiger partial charge in [0.15, 0.2) is 0 Å².